The molecule has 0 spiro atoms. The summed E-state index contributed by atoms with van der Waals surface area (Å²) < 4.78 is 11.1. The first kappa shape index (κ1) is 17.3. The Bertz CT molecular complexity index is 537. The van der Waals surface area contributed by atoms with Gasteiger partial charge in [-0.15, -0.1) is 0 Å². The second-order valence-electron chi connectivity index (χ2n) is 6.62. The number of hydrogen-bond donors (Lipinski definition) is 1. The Morgan fingerprint density at radius 3 is 2.67 bits per heavy atom. The van der Waals surface area contributed by atoms with Crippen molar-refractivity contribution >= 4 is 5.91 Å². The molecule has 0 bridgehead atoms. The molecule has 0 aliphatic carbocycles. The summed E-state index contributed by atoms with van der Waals surface area (Å²) in [6.45, 7) is 6.68. The van der Waals surface area contributed by atoms with E-state index in [9.17, 15) is 4.79 Å². The van der Waals surface area contributed by atoms with Crippen molar-refractivity contribution in [3.05, 3.63) is 23.8 Å². The maximum Gasteiger partial charge on any atom is 0.234 e. The molecule has 0 unspecified atom stereocenters. The second kappa shape index (κ2) is 8.00. The predicted octanol–water partition coefficient (Wildman–Crippen LogP) is 0.841. The maximum atomic E-state index is 12.0. The number of aromatic nitrogens is 2. The summed E-state index contributed by atoms with van der Waals surface area (Å²) in [5.41, 5.74) is 0.518. The van der Waals surface area contributed by atoms with E-state index in [-0.39, 0.29) is 11.5 Å². The molecule has 0 radical (unpaired) electrons. The minimum atomic E-state index is -0.379. The Morgan fingerprint density at radius 2 is 2.00 bits per heavy atom. The Kier molecular flexibility index (Phi) is 5.76. The molecule has 2 aliphatic heterocycles. The van der Waals surface area contributed by atoms with E-state index in [1.54, 1.807) is 12.4 Å². The predicted molar refractivity (Wildman–Crippen MR) is 88.3 cm³/mol. The van der Waals surface area contributed by atoms with Crippen molar-refractivity contribution in [1.29, 1.82) is 0 Å². The van der Waals surface area contributed by atoms with Crippen molar-refractivity contribution in [2.24, 2.45) is 0 Å². The van der Waals surface area contributed by atoms with Crippen LogP contribution in [0.15, 0.2) is 12.4 Å². The fraction of sp³-hybridized carbons (Fsp3) is 0.706. The van der Waals surface area contributed by atoms with Gasteiger partial charge in [0.05, 0.1) is 19.8 Å². The first-order valence-corrected chi connectivity index (χ1v) is 8.68. The summed E-state index contributed by atoms with van der Waals surface area (Å²) in [5.74, 6) is 0.745. The van der Waals surface area contributed by atoms with Gasteiger partial charge in [-0.2, -0.15) is 0 Å². The monoisotopic (exact) mass is 334 g/mol. The zero-order chi connectivity index (χ0) is 16.8. The van der Waals surface area contributed by atoms with Crippen molar-refractivity contribution in [1.82, 2.24) is 20.2 Å². The number of carbonyl (C=O) groups is 1. The average Bonchev–Trinajstić information content (AvgIpc) is 2.62. The SMILES string of the molecule is C[C@]1(c2ncc(CNC(=O)CN3CCOCC3)cn2)CCCCO1. The highest BCUT2D eigenvalue weighted by atomic mass is 16.5. The molecule has 1 atom stereocenters. The Labute approximate surface area is 142 Å². The van der Waals surface area contributed by atoms with Gasteiger partial charge in [0.15, 0.2) is 5.82 Å². The van der Waals surface area contributed by atoms with E-state index in [1.807, 2.05) is 6.92 Å². The fourth-order valence-corrected chi connectivity index (χ4v) is 3.05. The molecule has 2 saturated heterocycles. The molecule has 0 aromatic carbocycles. The van der Waals surface area contributed by atoms with E-state index in [1.165, 1.54) is 0 Å². The lowest BCUT2D eigenvalue weighted by Gasteiger charge is -2.32. The molecule has 7 heteroatoms. The molecular formula is C17H26N4O3. The fourth-order valence-electron chi connectivity index (χ4n) is 3.05. The number of carbonyl (C=O) groups excluding carboxylic acids is 1. The van der Waals surface area contributed by atoms with E-state index in [0.717, 1.165) is 50.3 Å². The summed E-state index contributed by atoms with van der Waals surface area (Å²) in [4.78, 5) is 23.0. The van der Waals surface area contributed by atoms with Crippen molar-refractivity contribution in [3.63, 3.8) is 0 Å². The summed E-state index contributed by atoms with van der Waals surface area (Å²) in [5, 5.41) is 2.92. The lowest BCUT2D eigenvalue weighted by molar-refractivity contribution is -0.123. The van der Waals surface area contributed by atoms with Crippen LogP contribution < -0.4 is 5.32 Å². The van der Waals surface area contributed by atoms with E-state index in [0.29, 0.717) is 26.3 Å². The van der Waals surface area contributed by atoms with Crippen LogP contribution >= 0.6 is 0 Å². The zero-order valence-corrected chi connectivity index (χ0v) is 14.3. The lowest BCUT2D eigenvalue weighted by Crippen LogP contribution is -2.43. The van der Waals surface area contributed by atoms with E-state index in [2.05, 4.69) is 20.2 Å². The van der Waals surface area contributed by atoms with Gasteiger partial charge in [0.2, 0.25) is 5.91 Å². The van der Waals surface area contributed by atoms with Gasteiger partial charge in [-0.3, -0.25) is 9.69 Å². The highest BCUT2D eigenvalue weighted by molar-refractivity contribution is 5.77. The zero-order valence-electron chi connectivity index (χ0n) is 14.3. The van der Waals surface area contributed by atoms with Crippen LogP contribution in [0.5, 0.6) is 0 Å². The number of amides is 1. The van der Waals surface area contributed by atoms with Gasteiger partial charge in [-0.05, 0) is 26.2 Å². The number of nitrogens with one attached hydrogen (secondary N) is 1. The Morgan fingerprint density at radius 1 is 1.25 bits per heavy atom. The minimum Gasteiger partial charge on any atom is -0.379 e. The van der Waals surface area contributed by atoms with Gasteiger partial charge in [-0.25, -0.2) is 9.97 Å². The molecular weight excluding hydrogens is 308 g/mol. The Hall–Kier alpha value is -1.57. The van der Waals surface area contributed by atoms with Crippen LogP contribution in [-0.4, -0.2) is 60.2 Å². The molecule has 1 aromatic heterocycles. The number of morpholine rings is 1. The van der Waals surface area contributed by atoms with E-state index in [4.69, 9.17) is 9.47 Å². The summed E-state index contributed by atoms with van der Waals surface area (Å²) in [7, 11) is 0. The largest absolute Gasteiger partial charge is 0.379 e. The number of hydrogen-bond acceptors (Lipinski definition) is 6. The van der Waals surface area contributed by atoms with Gasteiger partial charge in [0.1, 0.15) is 5.60 Å². The third kappa shape index (κ3) is 4.49. The van der Waals surface area contributed by atoms with Gasteiger partial charge in [0.25, 0.3) is 0 Å². The van der Waals surface area contributed by atoms with Crippen LogP contribution in [0.1, 0.15) is 37.6 Å². The number of nitrogens with zero attached hydrogens (tertiary/aromatic N) is 3. The molecule has 7 nitrogen and oxygen atoms in total. The number of rotatable bonds is 5. The summed E-state index contributed by atoms with van der Waals surface area (Å²) in [6.07, 6.45) is 6.74. The molecule has 2 aliphatic rings. The van der Waals surface area contributed by atoms with Crippen LogP contribution in [-0.2, 0) is 26.4 Å². The molecule has 0 saturated carbocycles. The normalized spacial score (nSPS) is 25.4. The molecule has 3 heterocycles. The maximum absolute atomic E-state index is 12.0. The average molecular weight is 334 g/mol. The van der Waals surface area contributed by atoms with Crippen LogP contribution in [0.2, 0.25) is 0 Å². The molecule has 24 heavy (non-hydrogen) atoms. The quantitative estimate of drug-likeness (QED) is 0.860. The second-order valence-corrected chi connectivity index (χ2v) is 6.62. The highest BCUT2D eigenvalue weighted by Crippen LogP contribution is 2.32. The van der Waals surface area contributed by atoms with E-state index >= 15 is 0 Å². The third-order valence-electron chi connectivity index (χ3n) is 4.61. The number of ether oxygens (including phenoxy) is 2. The molecule has 1 N–H and O–H groups in total. The lowest BCUT2D eigenvalue weighted by atomic mass is 9.95. The molecule has 3 rings (SSSR count). The van der Waals surface area contributed by atoms with Crippen molar-refractivity contribution in [3.8, 4) is 0 Å². The minimum absolute atomic E-state index is 0.0172. The van der Waals surface area contributed by atoms with Gasteiger partial charge < -0.3 is 14.8 Å². The van der Waals surface area contributed by atoms with Crippen molar-refractivity contribution in [2.45, 2.75) is 38.3 Å². The first-order valence-electron chi connectivity index (χ1n) is 8.68. The van der Waals surface area contributed by atoms with Crippen LogP contribution in [0.3, 0.4) is 0 Å². The standard InChI is InChI=1S/C17H26N4O3/c1-17(4-2-3-7-24-17)16-19-11-14(12-20-16)10-18-15(22)13-21-5-8-23-9-6-21/h11-12H,2-10,13H2,1H3,(H,18,22)/t17-/m1/s1. The summed E-state index contributed by atoms with van der Waals surface area (Å²) >= 11 is 0. The van der Waals surface area contributed by atoms with Gasteiger partial charge in [0, 0.05) is 44.2 Å². The summed E-state index contributed by atoms with van der Waals surface area (Å²) in [6, 6.07) is 0. The van der Waals surface area contributed by atoms with Crippen LogP contribution in [0.25, 0.3) is 0 Å². The van der Waals surface area contributed by atoms with E-state index < -0.39 is 0 Å². The third-order valence-corrected chi connectivity index (χ3v) is 4.61. The molecule has 1 aromatic rings. The van der Waals surface area contributed by atoms with Crippen molar-refractivity contribution < 1.29 is 14.3 Å². The van der Waals surface area contributed by atoms with Gasteiger partial charge in [-0.1, -0.05) is 0 Å². The molecule has 132 valence electrons. The Balaban J connectivity index is 1.48. The molecule has 1 amide bonds. The molecule has 2 fully saturated rings. The van der Waals surface area contributed by atoms with Crippen LogP contribution in [0.4, 0.5) is 0 Å². The highest BCUT2D eigenvalue weighted by Gasteiger charge is 2.32. The smallest absolute Gasteiger partial charge is 0.234 e. The van der Waals surface area contributed by atoms with Gasteiger partial charge >= 0.3 is 0 Å². The van der Waals surface area contributed by atoms with Crippen molar-refractivity contribution in [2.75, 3.05) is 39.5 Å². The van der Waals surface area contributed by atoms with Crippen LogP contribution in [0, 0.1) is 0 Å². The first-order chi connectivity index (χ1) is 11.7. The topological polar surface area (TPSA) is 76.6 Å².